The zero-order chi connectivity index (χ0) is 24.4. The largest absolute Gasteiger partial charge is 1.00 e. The molecule has 2 N–H and O–H groups in total. The van der Waals surface area contributed by atoms with E-state index in [1.54, 1.807) is 18.2 Å². The SMILES string of the molecule is Cc1nsc(-c2ccc(-c3ccc(C4([C-]=O)CC4)cc3)cc2)c1NC(=O)OCc1ccccc1F.[Na+].[OH-]. The van der Waals surface area contributed by atoms with E-state index in [4.69, 9.17) is 4.74 Å². The van der Waals surface area contributed by atoms with Gasteiger partial charge in [-0.1, -0.05) is 85.1 Å². The molecule has 6 nitrogen and oxygen atoms in total. The zero-order valence-corrected chi connectivity index (χ0v) is 23.3. The molecule has 4 aromatic rings. The van der Waals surface area contributed by atoms with Crippen molar-refractivity contribution in [3.8, 4) is 21.6 Å². The van der Waals surface area contributed by atoms with E-state index < -0.39 is 17.3 Å². The van der Waals surface area contributed by atoms with Gasteiger partial charge in [0.1, 0.15) is 12.4 Å². The number of hydrogen-bond acceptors (Lipinski definition) is 6. The summed E-state index contributed by atoms with van der Waals surface area (Å²) in [6.45, 7) is 1.65. The number of anilines is 1. The maximum Gasteiger partial charge on any atom is 1.00 e. The first-order valence-corrected chi connectivity index (χ1v) is 12.0. The van der Waals surface area contributed by atoms with E-state index in [1.165, 1.54) is 17.6 Å². The molecule has 0 spiro atoms. The minimum Gasteiger partial charge on any atom is -0.870 e. The van der Waals surface area contributed by atoms with E-state index in [-0.39, 0.29) is 41.6 Å². The number of rotatable bonds is 7. The molecule has 0 saturated heterocycles. The van der Waals surface area contributed by atoms with Crippen LogP contribution in [0.2, 0.25) is 0 Å². The van der Waals surface area contributed by atoms with Gasteiger partial charge in [0.05, 0.1) is 16.3 Å². The van der Waals surface area contributed by atoms with Crippen LogP contribution in [0.1, 0.15) is 29.7 Å². The molecule has 1 aliphatic rings. The minimum absolute atomic E-state index is 0. The van der Waals surface area contributed by atoms with Crippen LogP contribution in [0.5, 0.6) is 0 Å². The molecule has 9 heteroatoms. The third-order valence-electron chi connectivity index (χ3n) is 6.27. The molecule has 184 valence electrons. The number of carbonyl (C=O) groups is 1. The van der Waals surface area contributed by atoms with Crippen molar-refractivity contribution in [3.05, 3.63) is 95.4 Å². The Bertz CT molecular complexity index is 1390. The molecule has 1 amide bonds. The second-order valence-corrected chi connectivity index (χ2v) is 9.38. The maximum absolute atomic E-state index is 13.8. The molecule has 1 fully saturated rings. The van der Waals surface area contributed by atoms with Gasteiger partial charge in [0.2, 0.25) is 0 Å². The number of halogens is 1. The molecular weight excluding hydrogens is 502 g/mol. The molecule has 0 radical (unpaired) electrons. The molecular formula is C28H23FN2NaO4S-. The fourth-order valence-corrected chi connectivity index (χ4v) is 4.83. The van der Waals surface area contributed by atoms with Crippen LogP contribution in [0, 0.1) is 12.7 Å². The van der Waals surface area contributed by atoms with Crippen LogP contribution >= 0.6 is 11.5 Å². The second kappa shape index (κ2) is 12.1. The Labute approximate surface area is 240 Å². The van der Waals surface area contributed by atoms with Gasteiger partial charge in [0.25, 0.3) is 0 Å². The Kier molecular flexibility index (Phi) is 9.39. The van der Waals surface area contributed by atoms with Gasteiger partial charge < -0.3 is 15.0 Å². The molecule has 1 saturated carbocycles. The topological polar surface area (TPSA) is 98.3 Å². The summed E-state index contributed by atoms with van der Waals surface area (Å²) in [5, 5.41) is 2.76. The molecule has 0 unspecified atom stereocenters. The number of aromatic nitrogens is 1. The summed E-state index contributed by atoms with van der Waals surface area (Å²) in [7, 11) is 0. The summed E-state index contributed by atoms with van der Waals surface area (Å²) in [5.74, 6) is -0.418. The standard InChI is InChI=1S/C28H22FN2O3S.Na.H2O/c1-18-25(30-27(33)34-16-22-4-2-3-5-24(22)29)26(35-31-18)21-8-6-19(7-9-21)20-10-12-23(13-11-20)28(17-32)14-15-28;;/h2-13H,14-16H2,1H3,(H,30,33);;1H2/q-1;+1;/p-1. The fourth-order valence-electron chi connectivity index (χ4n) is 3.98. The van der Waals surface area contributed by atoms with Crippen molar-refractivity contribution in [2.24, 2.45) is 0 Å². The third kappa shape index (κ3) is 6.17. The smallest absolute Gasteiger partial charge is 0.870 e. The quantitative estimate of drug-likeness (QED) is 0.294. The third-order valence-corrected chi connectivity index (χ3v) is 7.26. The number of benzene rings is 3. The number of amides is 1. The number of nitrogens with zero attached hydrogens (tertiary/aromatic N) is 1. The van der Waals surface area contributed by atoms with E-state index in [9.17, 15) is 14.0 Å². The number of ether oxygens (including phenoxy) is 1. The molecule has 0 atom stereocenters. The van der Waals surface area contributed by atoms with Gasteiger partial charge in [-0.2, -0.15) is 4.37 Å². The molecule has 0 aliphatic heterocycles. The first kappa shape index (κ1) is 28.7. The molecule has 1 aromatic heterocycles. The fraction of sp³-hybridized carbons (Fsp3) is 0.179. The predicted octanol–water partition coefficient (Wildman–Crippen LogP) is 3.64. The summed E-state index contributed by atoms with van der Waals surface area (Å²) in [4.78, 5) is 24.5. The Balaban J connectivity index is 0.00000190. The number of nitrogens with one attached hydrogen (secondary N) is 1. The van der Waals surface area contributed by atoms with Gasteiger partial charge in [0, 0.05) is 5.56 Å². The van der Waals surface area contributed by atoms with Crippen molar-refractivity contribution in [3.63, 3.8) is 0 Å². The van der Waals surface area contributed by atoms with Gasteiger partial charge in [-0.25, -0.2) is 9.18 Å². The Morgan fingerprint density at radius 2 is 1.62 bits per heavy atom. The van der Waals surface area contributed by atoms with Crippen LogP contribution in [0.4, 0.5) is 14.9 Å². The van der Waals surface area contributed by atoms with Gasteiger partial charge in [-0.05, 0) is 41.2 Å². The predicted molar refractivity (Wildman–Crippen MR) is 136 cm³/mol. The van der Waals surface area contributed by atoms with E-state index in [1.807, 2.05) is 55.5 Å². The van der Waals surface area contributed by atoms with Crippen molar-refractivity contribution in [1.82, 2.24) is 4.37 Å². The number of hydrogen-bond donors (Lipinski definition) is 1. The normalized spacial score (nSPS) is 13.0. The summed E-state index contributed by atoms with van der Waals surface area (Å²) in [6.07, 6.45) is 3.25. The molecule has 1 aliphatic carbocycles. The average molecular weight is 526 g/mol. The van der Waals surface area contributed by atoms with Crippen molar-refractivity contribution < 1.29 is 53.7 Å². The van der Waals surface area contributed by atoms with E-state index in [0.717, 1.165) is 40.0 Å². The van der Waals surface area contributed by atoms with Crippen LogP contribution in [0.25, 0.3) is 21.6 Å². The van der Waals surface area contributed by atoms with Crippen LogP contribution in [0.15, 0.2) is 72.8 Å². The molecule has 1 heterocycles. The Hall–Kier alpha value is -2.88. The van der Waals surface area contributed by atoms with Gasteiger partial charge in [-0.3, -0.25) is 11.6 Å². The van der Waals surface area contributed by atoms with Crippen LogP contribution in [-0.4, -0.2) is 22.2 Å². The molecule has 5 rings (SSSR count). The van der Waals surface area contributed by atoms with Crippen molar-refractivity contribution in [2.75, 3.05) is 5.32 Å². The summed E-state index contributed by atoms with van der Waals surface area (Å²) in [5.41, 5.74) is 5.19. The van der Waals surface area contributed by atoms with Crippen LogP contribution < -0.4 is 34.9 Å². The molecule has 0 bridgehead atoms. The number of carbonyl (C=O) groups excluding carboxylic acids is 2. The van der Waals surface area contributed by atoms with Gasteiger partial charge in [0.15, 0.2) is 0 Å². The second-order valence-electron chi connectivity index (χ2n) is 8.60. The first-order chi connectivity index (χ1) is 17.0. The van der Waals surface area contributed by atoms with Gasteiger partial charge >= 0.3 is 35.7 Å². The summed E-state index contributed by atoms with van der Waals surface area (Å²) in [6, 6.07) is 22.2. The van der Waals surface area contributed by atoms with Crippen molar-refractivity contribution >= 4 is 29.6 Å². The molecule has 37 heavy (non-hydrogen) atoms. The van der Waals surface area contributed by atoms with E-state index in [2.05, 4.69) is 16.0 Å². The maximum atomic E-state index is 13.8. The monoisotopic (exact) mass is 525 g/mol. The van der Waals surface area contributed by atoms with Crippen molar-refractivity contribution in [1.29, 1.82) is 0 Å². The van der Waals surface area contributed by atoms with Crippen LogP contribution in [0.3, 0.4) is 0 Å². The molecule has 3 aromatic carbocycles. The number of aryl methyl sites for hydroxylation is 1. The van der Waals surface area contributed by atoms with Crippen LogP contribution in [-0.2, 0) is 21.6 Å². The summed E-state index contributed by atoms with van der Waals surface area (Å²) < 4.78 is 23.4. The van der Waals surface area contributed by atoms with E-state index in [0.29, 0.717) is 16.9 Å². The Morgan fingerprint density at radius 1 is 1.03 bits per heavy atom. The first-order valence-electron chi connectivity index (χ1n) is 11.2. The minimum atomic E-state index is -0.671. The average Bonchev–Trinajstić information content (AvgIpc) is 3.62. The van der Waals surface area contributed by atoms with Gasteiger partial charge in [-0.15, -0.1) is 5.41 Å². The summed E-state index contributed by atoms with van der Waals surface area (Å²) >= 11 is 1.29. The Morgan fingerprint density at radius 3 is 2.22 bits per heavy atom. The zero-order valence-electron chi connectivity index (χ0n) is 20.5. The van der Waals surface area contributed by atoms with E-state index >= 15 is 0 Å². The van der Waals surface area contributed by atoms with Crippen molar-refractivity contribution in [2.45, 2.75) is 31.8 Å².